The third-order valence-corrected chi connectivity index (χ3v) is 11.1. The predicted molar refractivity (Wildman–Crippen MR) is 243 cm³/mol. The molecule has 0 unspecified atom stereocenters. The van der Waals surface area contributed by atoms with Gasteiger partial charge in [-0.3, -0.25) is 0 Å². The second-order valence-electron chi connectivity index (χ2n) is 14.5. The molecular weight excluding hydrogens is 687 g/mol. The van der Waals surface area contributed by atoms with Gasteiger partial charge in [0.1, 0.15) is 0 Å². The summed E-state index contributed by atoms with van der Waals surface area (Å²) in [5.74, 6) is 0. The van der Waals surface area contributed by atoms with Crippen LogP contribution in [0.5, 0.6) is 0 Å². The maximum absolute atomic E-state index is 2.41. The van der Waals surface area contributed by atoms with Gasteiger partial charge < -0.3 is 4.90 Å². The first-order valence-electron chi connectivity index (χ1n) is 19.6. The lowest BCUT2D eigenvalue weighted by Crippen LogP contribution is -2.11. The Labute approximate surface area is 334 Å². The molecule has 0 aliphatic carbocycles. The molecule has 10 aromatic carbocycles. The monoisotopic (exact) mass is 725 g/mol. The van der Waals surface area contributed by atoms with Gasteiger partial charge in [0.15, 0.2) is 0 Å². The minimum atomic E-state index is 1.09. The zero-order chi connectivity index (χ0) is 38.0. The van der Waals surface area contributed by atoms with Gasteiger partial charge >= 0.3 is 0 Å². The van der Waals surface area contributed by atoms with Gasteiger partial charge in [-0.15, -0.1) is 0 Å². The molecule has 57 heavy (non-hydrogen) atoms. The van der Waals surface area contributed by atoms with E-state index in [0.29, 0.717) is 0 Å². The number of fused-ring (bicyclic) bond motifs is 2. The molecule has 0 aliphatic rings. The van der Waals surface area contributed by atoms with Crippen LogP contribution in [-0.4, -0.2) is 0 Å². The number of hydrogen-bond donors (Lipinski definition) is 0. The van der Waals surface area contributed by atoms with E-state index >= 15 is 0 Å². The highest BCUT2D eigenvalue weighted by atomic mass is 15.1. The van der Waals surface area contributed by atoms with E-state index in [1.54, 1.807) is 0 Å². The third kappa shape index (κ3) is 6.56. The van der Waals surface area contributed by atoms with Crippen LogP contribution in [0.25, 0.3) is 77.2 Å². The standard InChI is InChI=1S/C56H39N/c1-4-16-42(17-5-1)54-38-49(39-55(43-18-6-2-7-19-43)56(54)46-22-8-3-9-23-46)57(47-34-30-44(31-35-47)52-28-14-24-40-20-10-12-26-50(40)52)48-36-32-45(33-37-48)53-29-15-25-41-21-11-13-27-51(41)53/h1-39H. The van der Waals surface area contributed by atoms with Crippen LogP contribution in [0, 0.1) is 0 Å². The SMILES string of the molecule is c1ccc(-c2cc(N(c3ccc(-c4cccc5ccccc45)cc3)c3ccc(-c4cccc5ccccc45)cc3)cc(-c3ccccc3)c2-c2ccccc2)cc1. The molecule has 10 rings (SSSR count). The minimum absolute atomic E-state index is 1.09. The fraction of sp³-hybridized carbons (Fsp3) is 0. The van der Waals surface area contributed by atoms with E-state index in [1.807, 2.05) is 0 Å². The van der Waals surface area contributed by atoms with E-state index in [9.17, 15) is 0 Å². The molecule has 0 bridgehead atoms. The van der Waals surface area contributed by atoms with Crippen LogP contribution in [0.3, 0.4) is 0 Å². The van der Waals surface area contributed by atoms with Gasteiger partial charge in [-0.25, -0.2) is 0 Å². The molecule has 0 aliphatic heterocycles. The van der Waals surface area contributed by atoms with E-state index in [4.69, 9.17) is 0 Å². The number of benzene rings is 10. The van der Waals surface area contributed by atoms with Crippen LogP contribution in [0.15, 0.2) is 237 Å². The first-order chi connectivity index (χ1) is 28.3. The predicted octanol–water partition coefficient (Wildman–Crippen LogP) is 15.8. The highest BCUT2D eigenvalue weighted by Crippen LogP contribution is 2.47. The Balaban J connectivity index is 1.19. The summed E-state index contributed by atoms with van der Waals surface area (Å²) in [7, 11) is 0. The lowest BCUT2D eigenvalue weighted by molar-refractivity contribution is 1.28. The summed E-state index contributed by atoms with van der Waals surface area (Å²) in [4.78, 5) is 2.41. The molecular formula is C56H39N. The molecule has 0 amide bonds. The number of anilines is 3. The Kier molecular flexibility index (Phi) is 8.95. The van der Waals surface area contributed by atoms with Gasteiger partial charge in [-0.1, -0.05) is 200 Å². The highest BCUT2D eigenvalue weighted by Gasteiger charge is 2.21. The first-order valence-corrected chi connectivity index (χ1v) is 19.6. The lowest BCUT2D eigenvalue weighted by Gasteiger charge is -2.29. The van der Waals surface area contributed by atoms with Crippen molar-refractivity contribution in [3.05, 3.63) is 237 Å². The van der Waals surface area contributed by atoms with E-state index < -0.39 is 0 Å². The molecule has 0 atom stereocenters. The maximum atomic E-state index is 2.41. The van der Waals surface area contributed by atoms with Crippen molar-refractivity contribution in [1.82, 2.24) is 0 Å². The highest BCUT2D eigenvalue weighted by molar-refractivity contribution is 6.00. The number of nitrogens with zero attached hydrogens (tertiary/aromatic N) is 1. The number of rotatable bonds is 8. The van der Waals surface area contributed by atoms with Crippen molar-refractivity contribution in [1.29, 1.82) is 0 Å². The summed E-state index contributed by atoms with van der Waals surface area (Å²) in [6.07, 6.45) is 0. The molecule has 0 fully saturated rings. The molecule has 1 heteroatoms. The molecule has 0 N–H and O–H groups in total. The van der Waals surface area contributed by atoms with Gasteiger partial charge in [0.05, 0.1) is 0 Å². The van der Waals surface area contributed by atoms with Gasteiger partial charge in [0, 0.05) is 17.1 Å². The summed E-state index contributed by atoms with van der Waals surface area (Å²) in [6, 6.07) is 85.7. The molecule has 0 heterocycles. The molecule has 0 saturated carbocycles. The molecule has 0 saturated heterocycles. The smallest absolute Gasteiger partial charge is 0.0474 e. The molecule has 0 spiro atoms. The summed E-state index contributed by atoms with van der Waals surface area (Å²) in [5.41, 5.74) is 15.2. The maximum Gasteiger partial charge on any atom is 0.0474 e. The van der Waals surface area contributed by atoms with Gasteiger partial charge in [0.2, 0.25) is 0 Å². The van der Waals surface area contributed by atoms with Crippen molar-refractivity contribution in [3.8, 4) is 55.6 Å². The van der Waals surface area contributed by atoms with E-state index in [-0.39, 0.29) is 0 Å². The van der Waals surface area contributed by atoms with Crippen LogP contribution in [0.4, 0.5) is 17.1 Å². The topological polar surface area (TPSA) is 3.24 Å². The molecule has 268 valence electrons. The Morgan fingerprint density at radius 3 is 1.02 bits per heavy atom. The first kappa shape index (κ1) is 34.0. The third-order valence-electron chi connectivity index (χ3n) is 11.1. The zero-order valence-electron chi connectivity index (χ0n) is 31.5. The van der Waals surface area contributed by atoms with Gasteiger partial charge in [-0.2, -0.15) is 0 Å². The average Bonchev–Trinajstić information content (AvgIpc) is 3.30. The number of hydrogen-bond acceptors (Lipinski definition) is 1. The fourth-order valence-corrected chi connectivity index (χ4v) is 8.34. The Morgan fingerprint density at radius 2 is 0.579 bits per heavy atom. The van der Waals surface area contributed by atoms with Crippen LogP contribution >= 0.6 is 0 Å². The van der Waals surface area contributed by atoms with Crippen LogP contribution in [0.1, 0.15) is 0 Å². The van der Waals surface area contributed by atoms with E-state index in [0.717, 1.165) is 17.1 Å². The van der Waals surface area contributed by atoms with Gasteiger partial charge in [-0.05, 0) is 114 Å². The summed E-state index contributed by atoms with van der Waals surface area (Å²) in [5, 5.41) is 5.00. The van der Waals surface area contributed by atoms with Crippen molar-refractivity contribution in [3.63, 3.8) is 0 Å². The Morgan fingerprint density at radius 1 is 0.228 bits per heavy atom. The largest absolute Gasteiger partial charge is 0.310 e. The van der Waals surface area contributed by atoms with E-state index in [2.05, 4.69) is 241 Å². The van der Waals surface area contributed by atoms with Crippen molar-refractivity contribution in [2.45, 2.75) is 0 Å². The zero-order valence-corrected chi connectivity index (χ0v) is 31.5. The van der Waals surface area contributed by atoms with Crippen LogP contribution in [-0.2, 0) is 0 Å². The summed E-state index contributed by atoms with van der Waals surface area (Å²) in [6.45, 7) is 0. The lowest BCUT2D eigenvalue weighted by atomic mass is 9.86. The molecule has 10 aromatic rings. The van der Waals surface area contributed by atoms with Crippen molar-refractivity contribution in [2.75, 3.05) is 4.90 Å². The molecule has 0 radical (unpaired) electrons. The average molecular weight is 726 g/mol. The fourth-order valence-electron chi connectivity index (χ4n) is 8.34. The van der Waals surface area contributed by atoms with Crippen LogP contribution < -0.4 is 4.90 Å². The van der Waals surface area contributed by atoms with Crippen molar-refractivity contribution >= 4 is 38.6 Å². The Hall–Kier alpha value is -7.48. The van der Waals surface area contributed by atoms with Crippen molar-refractivity contribution in [2.24, 2.45) is 0 Å². The van der Waals surface area contributed by atoms with Crippen molar-refractivity contribution < 1.29 is 0 Å². The normalized spacial score (nSPS) is 11.2. The Bertz CT molecular complexity index is 2770. The summed E-state index contributed by atoms with van der Waals surface area (Å²) >= 11 is 0. The van der Waals surface area contributed by atoms with Crippen LogP contribution in [0.2, 0.25) is 0 Å². The summed E-state index contributed by atoms with van der Waals surface area (Å²) < 4.78 is 0. The molecule has 0 aromatic heterocycles. The van der Waals surface area contributed by atoms with E-state index in [1.165, 1.54) is 77.2 Å². The van der Waals surface area contributed by atoms with Gasteiger partial charge in [0.25, 0.3) is 0 Å². The quantitative estimate of drug-likeness (QED) is 0.151. The second kappa shape index (κ2) is 15.0. The minimum Gasteiger partial charge on any atom is -0.310 e. The second-order valence-corrected chi connectivity index (χ2v) is 14.5. The molecule has 1 nitrogen and oxygen atoms in total.